The zero-order chi connectivity index (χ0) is 25.6. The van der Waals surface area contributed by atoms with Crippen molar-refractivity contribution in [1.82, 2.24) is 10.2 Å². The number of methoxy groups -OCH3 is 1. The molecule has 1 aliphatic heterocycles. The van der Waals surface area contributed by atoms with E-state index in [2.05, 4.69) is 5.32 Å². The van der Waals surface area contributed by atoms with E-state index in [1.54, 1.807) is 41.5 Å². The van der Waals surface area contributed by atoms with E-state index in [0.717, 1.165) is 0 Å². The van der Waals surface area contributed by atoms with Crippen molar-refractivity contribution in [2.24, 2.45) is 5.92 Å². The van der Waals surface area contributed by atoms with Crippen molar-refractivity contribution in [3.05, 3.63) is 0 Å². The van der Waals surface area contributed by atoms with Gasteiger partial charge in [-0.2, -0.15) is 0 Å². The van der Waals surface area contributed by atoms with Gasteiger partial charge >= 0.3 is 12.1 Å². The number of likely N-dealkylation sites (tertiary alicyclic amines) is 1. The van der Waals surface area contributed by atoms with Gasteiger partial charge in [-0.25, -0.2) is 9.59 Å². The summed E-state index contributed by atoms with van der Waals surface area (Å²) >= 11 is 0. The maximum Gasteiger partial charge on any atom is 0.411 e. The highest BCUT2D eigenvalue weighted by atomic mass is 16.7. The number of esters is 1. The van der Waals surface area contributed by atoms with E-state index >= 15 is 0 Å². The summed E-state index contributed by atoms with van der Waals surface area (Å²) in [5.74, 6) is -1.24. The zero-order valence-electron chi connectivity index (χ0n) is 21.5. The van der Waals surface area contributed by atoms with Crippen LogP contribution in [0.3, 0.4) is 0 Å². The Bertz CT molecular complexity index is 670. The summed E-state index contributed by atoms with van der Waals surface area (Å²) in [6, 6.07) is -1.44. The Balaban J connectivity index is 3.22. The molecule has 0 spiro atoms. The van der Waals surface area contributed by atoms with E-state index in [1.807, 2.05) is 6.92 Å². The molecule has 1 fully saturated rings. The number of carbonyl (C=O) groups excluding carboxylic acids is 3. The third kappa shape index (κ3) is 9.46. The second-order valence-electron chi connectivity index (χ2n) is 10.4. The number of nitrogens with zero attached hydrogens (tertiary/aromatic N) is 1. The van der Waals surface area contributed by atoms with E-state index in [-0.39, 0.29) is 24.9 Å². The van der Waals surface area contributed by atoms with Crippen molar-refractivity contribution in [3.8, 4) is 0 Å². The molecule has 2 amide bonds. The van der Waals surface area contributed by atoms with Gasteiger partial charge in [0, 0.05) is 32.6 Å². The van der Waals surface area contributed by atoms with Gasteiger partial charge in [0.05, 0.1) is 6.10 Å². The molecule has 0 radical (unpaired) electrons. The minimum atomic E-state index is -0.960. The van der Waals surface area contributed by atoms with Gasteiger partial charge in [-0.15, -0.1) is 0 Å². The quantitative estimate of drug-likeness (QED) is 0.386. The first kappa shape index (κ1) is 29.1. The van der Waals surface area contributed by atoms with Crippen molar-refractivity contribution < 1.29 is 38.4 Å². The van der Waals surface area contributed by atoms with Crippen LogP contribution in [-0.4, -0.2) is 77.5 Å². The molecule has 0 aliphatic carbocycles. The van der Waals surface area contributed by atoms with Gasteiger partial charge in [0.25, 0.3) is 0 Å². The average molecular weight is 475 g/mol. The molecule has 2 N–H and O–H groups in total. The fraction of sp³-hybridized carbons (Fsp3) is 0.870. The largest absolute Gasteiger partial charge is 0.458 e. The van der Waals surface area contributed by atoms with E-state index in [0.29, 0.717) is 12.8 Å². The topological polar surface area (TPSA) is 124 Å². The van der Waals surface area contributed by atoms with Crippen LogP contribution in [0.25, 0.3) is 0 Å². The molecule has 0 aromatic rings. The van der Waals surface area contributed by atoms with E-state index in [1.165, 1.54) is 18.9 Å². The Morgan fingerprint density at radius 3 is 2.09 bits per heavy atom. The highest BCUT2D eigenvalue weighted by molar-refractivity contribution is 5.83. The van der Waals surface area contributed by atoms with Gasteiger partial charge in [-0.1, -0.05) is 6.92 Å². The number of hydrogen-bond donors (Lipinski definition) is 2. The number of hydrogen-bond acceptors (Lipinski definition) is 8. The molecule has 1 heterocycles. The van der Waals surface area contributed by atoms with Gasteiger partial charge in [0.2, 0.25) is 12.3 Å². The Labute approximate surface area is 197 Å². The highest BCUT2D eigenvalue weighted by Gasteiger charge is 2.50. The SMILES string of the molecule is CCC(C[C@@H]1[C@H](CO)C[C@H](C(=O)OC(C)(C)C)N1C(=O)OC(C)(C)C)OC(NC(C)=O)OC. The first-order valence-electron chi connectivity index (χ1n) is 11.4. The predicted octanol–water partition coefficient (Wildman–Crippen LogP) is 2.57. The molecule has 10 nitrogen and oxygen atoms in total. The molecule has 10 heteroatoms. The first-order chi connectivity index (χ1) is 15.1. The Kier molecular flexibility index (Phi) is 10.6. The van der Waals surface area contributed by atoms with Crippen LogP contribution in [0.4, 0.5) is 4.79 Å². The Hall–Kier alpha value is -1.91. The van der Waals surface area contributed by atoms with Crippen LogP contribution in [0.15, 0.2) is 0 Å². The Morgan fingerprint density at radius 1 is 1.09 bits per heavy atom. The normalized spacial score (nSPS) is 23.1. The number of amides is 2. The molecule has 0 aromatic carbocycles. The number of nitrogens with one attached hydrogen (secondary N) is 1. The summed E-state index contributed by atoms with van der Waals surface area (Å²) in [6.45, 7) is 13.5. The lowest BCUT2D eigenvalue weighted by molar-refractivity contribution is -0.182. The number of rotatable bonds is 9. The van der Waals surface area contributed by atoms with Crippen molar-refractivity contribution >= 4 is 18.0 Å². The van der Waals surface area contributed by atoms with Crippen LogP contribution in [0, 0.1) is 5.92 Å². The Morgan fingerprint density at radius 2 is 1.67 bits per heavy atom. The van der Waals surface area contributed by atoms with Gasteiger partial charge in [0.15, 0.2) is 0 Å². The number of aliphatic hydroxyl groups is 1. The maximum atomic E-state index is 13.2. The molecule has 33 heavy (non-hydrogen) atoms. The van der Waals surface area contributed by atoms with Gasteiger partial charge in [0.1, 0.15) is 17.2 Å². The third-order valence-electron chi connectivity index (χ3n) is 5.09. The standard InChI is InChI=1S/C23H42N2O8/c1-10-16(31-20(30-9)24-14(2)27)12-17-15(13-26)11-18(19(28)32-22(3,4)5)25(17)21(29)33-23(6,7)8/h15-18,20,26H,10-13H2,1-9H3,(H,24,27)/t15-,16?,17+,18+,20?/m0/s1. The van der Waals surface area contributed by atoms with Crippen LogP contribution < -0.4 is 5.32 Å². The monoisotopic (exact) mass is 474 g/mol. The van der Waals surface area contributed by atoms with E-state index < -0.39 is 47.9 Å². The van der Waals surface area contributed by atoms with Crippen LogP contribution in [0.1, 0.15) is 74.7 Å². The lowest BCUT2D eigenvalue weighted by atomic mass is 9.94. The lowest BCUT2D eigenvalue weighted by Crippen LogP contribution is -2.50. The summed E-state index contributed by atoms with van der Waals surface area (Å²) in [6.07, 6.45) is -0.946. The fourth-order valence-corrected chi connectivity index (χ4v) is 3.75. The molecular weight excluding hydrogens is 432 g/mol. The lowest BCUT2D eigenvalue weighted by Gasteiger charge is -2.35. The van der Waals surface area contributed by atoms with Gasteiger partial charge in [-0.3, -0.25) is 9.69 Å². The third-order valence-corrected chi connectivity index (χ3v) is 5.09. The second-order valence-corrected chi connectivity index (χ2v) is 10.4. The van der Waals surface area contributed by atoms with E-state index in [9.17, 15) is 19.5 Å². The molecule has 1 aliphatic rings. The molecular formula is C23H42N2O8. The van der Waals surface area contributed by atoms with Gasteiger partial charge in [-0.05, 0) is 60.8 Å². The molecule has 1 saturated heterocycles. The summed E-state index contributed by atoms with van der Waals surface area (Å²) in [5.41, 5.74) is -1.51. The van der Waals surface area contributed by atoms with Crippen molar-refractivity contribution in [2.45, 2.75) is 110 Å². The first-order valence-corrected chi connectivity index (χ1v) is 11.4. The van der Waals surface area contributed by atoms with Crippen LogP contribution in [0.2, 0.25) is 0 Å². The van der Waals surface area contributed by atoms with Crippen LogP contribution in [0.5, 0.6) is 0 Å². The van der Waals surface area contributed by atoms with Crippen molar-refractivity contribution in [3.63, 3.8) is 0 Å². The van der Waals surface area contributed by atoms with E-state index in [4.69, 9.17) is 18.9 Å². The minimum absolute atomic E-state index is 0.223. The maximum absolute atomic E-state index is 13.2. The molecule has 192 valence electrons. The summed E-state index contributed by atoms with van der Waals surface area (Å²) in [4.78, 5) is 39.0. The molecule has 1 rings (SSSR count). The fourth-order valence-electron chi connectivity index (χ4n) is 3.75. The molecule has 5 atom stereocenters. The summed E-state index contributed by atoms with van der Waals surface area (Å²) < 4.78 is 22.2. The smallest absolute Gasteiger partial charge is 0.411 e. The highest BCUT2D eigenvalue weighted by Crippen LogP contribution is 2.36. The van der Waals surface area contributed by atoms with Crippen molar-refractivity contribution in [1.29, 1.82) is 0 Å². The van der Waals surface area contributed by atoms with Crippen LogP contribution >= 0.6 is 0 Å². The van der Waals surface area contributed by atoms with Gasteiger partial charge < -0.3 is 29.4 Å². The minimum Gasteiger partial charge on any atom is -0.458 e. The second kappa shape index (κ2) is 12.0. The molecule has 0 saturated carbocycles. The van der Waals surface area contributed by atoms with Crippen molar-refractivity contribution in [2.75, 3.05) is 13.7 Å². The molecule has 0 aromatic heterocycles. The average Bonchev–Trinajstić information content (AvgIpc) is 3.02. The zero-order valence-corrected chi connectivity index (χ0v) is 21.5. The molecule has 2 unspecified atom stereocenters. The summed E-state index contributed by atoms with van der Waals surface area (Å²) in [7, 11) is 1.41. The van der Waals surface area contributed by atoms with Crippen LogP contribution in [-0.2, 0) is 28.5 Å². The summed E-state index contributed by atoms with van der Waals surface area (Å²) in [5, 5.41) is 12.6. The number of carbonyl (C=O) groups is 3. The molecule has 0 bridgehead atoms. The predicted molar refractivity (Wildman–Crippen MR) is 121 cm³/mol. The number of aliphatic hydroxyl groups excluding tert-OH is 1. The number of ether oxygens (including phenoxy) is 4.